The zero-order chi connectivity index (χ0) is 26.6. The van der Waals surface area contributed by atoms with Crippen LogP contribution in [0.4, 0.5) is 0 Å². The number of carbonyl (C=O) groups is 3. The molecule has 2 aromatic rings. The fourth-order valence-corrected chi connectivity index (χ4v) is 7.50. The van der Waals surface area contributed by atoms with Gasteiger partial charge in [-0.1, -0.05) is 42.5 Å². The molecule has 6 unspecified atom stereocenters. The molecule has 2 aromatic carbocycles. The number of hydrogen-bond donors (Lipinski definition) is 5. The Bertz CT molecular complexity index is 1360. The van der Waals surface area contributed by atoms with Crippen LogP contribution < -0.4 is 15.8 Å². The van der Waals surface area contributed by atoms with Crippen LogP contribution in [0.25, 0.3) is 0 Å². The summed E-state index contributed by atoms with van der Waals surface area (Å²) in [5.41, 5.74) is 5.55. The molecule has 3 aliphatic rings. The van der Waals surface area contributed by atoms with Crippen LogP contribution in [0.1, 0.15) is 22.3 Å². The first-order valence-corrected chi connectivity index (χ1v) is 12.9. The van der Waals surface area contributed by atoms with Crippen molar-refractivity contribution < 1.29 is 34.4 Å². The van der Waals surface area contributed by atoms with Crippen molar-refractivity contribution in [1.29, 1.82) is 0 Å². The van der Waals surface area contributed by atoms with Crippen molar-refractivity contribution in [2.24, 2.45) is 23.5 Å². The molecule has 1 heterocycles. The first-order valence-electron chi connectivity index (χ1n) is 11.6. The molecule has 9 nitrogen and oxygen atoms in total. The summed E-state index contributed by atoms with van der Waals surface area (Å²) in [7, 11) is 1.44. The highest BCUT2D eigenvalue weighted by molar-refractivity contribution is 8.00. The van der Waals surface area contributed by atoms with Gasteiger partial charge in [0.25, 0.3) is 5.91 Å². The topological polar surface area (TPSA) is 159 Å². The zero-order valence-corrected chi connectivity index (χ0v) is 21.2. The number of thiocarbonyl (C=S) groups is 1. The minimum Gasteiger partial charge on any atom is -0.509 e. The van der Waals surface area contributed by atoms with Crippen LogP contribution in [0.5, 0.6) is 11.5 Å². The third kappa shape index (κ3) is 4.07. The number of ketones is 2. The van der Waals surface area contributed by atoms with E-state index >= 15 is 0 Å². The molecule has 0 spiro atoms. The van der Waals surface area contributed by atoms with Gasteiger partial charge in [-0.3, -0.25) is 14.4 Å². The summed E-state index contributed by atoms with van der Waals surface area (Å²) < 4.78 is 5.22. The highest BCUT2D eigenvalue weighted by Gasteiger charge is 2.58. The molecule has 5 rings (SSSR count). The molecule has 11 heteroatoms. The van der Waals surface area contributed by atoms with Crippen LogP contribution in [0.15, 0.2) is 58.7 Å². The molecule has 37 heavy (non-hydrogen) atoms. The Hall–Kier alpha value is -3.41. The number of phenols is 1. The number of ether oxygens (including phenoxy) is 1. The van der Waals surface area contributed by atoms with E-state index in [0.29, 0.717) is 16.2 Å². The highest BCUT2D eigenvalue weighted by Crippen LogP contribution is 2.53. The highest BCUT2D eigenvalue weighted by atomic mass is 32.2. The number of carbonyl (C=O) groups excluding carboxylic acids is 3. The molecule has 192 valence electrons. The van der Waals surface area contributed by atoms with Gasteiger partial charge in [-0.15, -0.1) is 11.8 Å². The number of nitrogens with two attached hydrogens (primary N) is 1. The van der Waals surface area contributed by atoms with Crippen LogP contribution in [-0.4, -0.2) is 62.3 Å². The first-order chi connectivity index (χ1) is 17.6. The molecule has 6 atom stereocenters. The summed E-state index contributed by atoms with van der Waals surface area (Å²) in [6, 6.07) is 10.9. The number of aromatic hydroxyl groups is 1. The van der Waals surface area contributed by atoms with Crippen LogP contribution in [0.3, 0.4) is 0 Å². The van der Waals surface area contributed by atoms with E-state index in [9.17, 15) is 29.7 Å². The van der Waals surface area contributed by atoms with Crippen LogP contribution in [0.2, 0.25) is 0 Å². The molecule has 1 amide bonds. The molecule has 0 radical (unpaired) electrons. The average molecular weight is 541 g/mol. The second-order valence-electron chi connectivity index (χ2n) is 9.29. The van der Waals surface area contributed by atoms with Crippen LogP contribution in [-0.2, 0) is 9.59 Å². The number of methoxy groups -OCH3 is 1. The van der Waals surface area contributed by atoms with Gasteiger partial charge in [0.05, 0.1) is 36.7 Å². The third-order valence-electron chi connectivity index (χ3n) is 7.32. The van der Waals surface area contributed by atoms with Crippen molar-refractivity contribution >= 4 is 46.4 Å². The quantitative estimate of drug-likeness (QED) is 0.286. The van der Waals surface area contributed by atoms with Gasteiger partial charge in [0, 0.05) is 21.8 Å². The van der Waals surface area contributed by atoms with E-state index in [1.54, 1.807) is 30.3 Å². The smallest absolute Gasteiger partial charge is 0.255 e. The van der Waals surface area contributed by atoms with E-state index < -0.39 is 64.0 Å². The van der Waals surface area contributed by atoms with Gasteiger partial charge in [0.1, 0.15) is 27.8 Å². The standard InChI is InChI=1S/C26H24N2O7S2/c1-35-11-7-13(29)17-14(8-11)37-15-9-12-16(21(30)18(15)23(17)32)22(31)19(25(27)34)24(33)20(12)28-26(36)10-5-3-2-4-6-10/h2-8,12,15-16,18,20-21,29-30,33H,9H2,1H3,(H2,27,34)(H,28,36). The monoisotopic (exact) mass is 540 g/mol. The summed E-state index contributed by atoms with van der Waals surface area (Å²) in [6.45, 7) is 0. The molecule has 1 fully saturated rings. The maximum atomic E-state index is 13.5. The molecule has 6 N–H and O–H groups in total. The van der Waals surface area contributed by atoms with Gasteiger partial charge in [-0.25, -0.2) is 0 Å². The number of phenolic OH excluding ortho intramolecular Hbond substituents is 1. The number of aliphatic hydroxyl groups is 2. The number of thioether (sulfide) groups is 1. The summed E-state index contributed by atoms with van der Waals surface area (Å²) in [6.07, 6.45) is -1.25. The number of nitrogens with one attached hydrogen (secondary N) is 1. The Labute approximate surface area is 221 Å². The Morgan fingerprint density at radius 2 is 1.84 bits per heavy atom. The average Bonchev–Trinajstić information content (AvgIpc) is 2.85. The molecular formula is C26H24N2O7S2. The maximum Gasteiger partial charge on any atom is 0.255 e. The number of benzene rings is 2. The number of amides is 1. The summed E-state index contributed by atoms with van der Waals surface area (Å²) in [4.78, 5) is 39.9. The lowest BCUT2D eigenvalue weighted by molar-refractivity contribution is -0.133. The SMILES string of the molecule is COc1cc(O)c2c(c1)SC1CC3C(NC(=S)c4ccccc4)C(O)=C(C(N)=O)C(=O)C3C(O)C1C2=O. The van der Waals surface area contributed by atoms with E-state index in [2.05, 4.69) is 5.32 Å². The molecule has 0 aromatic heterocycles. The van der Waals surface area contributed by atoms with Gasteiger partial charge < -0.3 is 31.1 Å². The van der Waals surface area contributed by atoms with Gasteiger partial charge in [-0.2, -0.15) is 0 Å². The molecule has 0 saturated heterocycles. The number of aliphatic hydroxyl groups excluding tert-OH is 2. The number of Topliss-reactive ketones (excluding diaryl/α,β-unsaturated/α-hetero) is 2. The van der Waals surface area contributed by atoms with Crippen molar-refractivity contribution in [3.8, 4) is 11.5 Å². The lowest BCUT2D eigenvalue weighted by atomic mass is 9.61. The fourth-order valence-electron chi connectivity index (χ4n) is 5.65. The number of primary amides is 1. The molecule has 1 saturated carbocycles. The minimum absolute atomic E-state index is 0.0567. The lowest BCUT2D eigenvalue weighted by Crippen LogP contribution is -2.61. The second-order valence-corrected chi connectivity index (χ2v) is 11.0. The summed E-state index contributed by atoms with van der Waals surface area (Å²) in [5, 5.41) is 35.6. The molecule has 0 bridgehead atoms. The largest absolute Gasteiger partial charge is 0.509 e. The fraction of sp³-hybridized carbons (Fsp3) is 0.308. The Morgan fingerprint density at radius 3 is 2.49 bits per heavy atom. The lowest BCUT2D eigenvalue weighted by Gasteiger charge is -2.49. The predicted octanol–water partition coefficient (Wildman–Crippen LogP) is 1.88. The van der Waals surface area contributed by atoms with Gasteiger partial charge in [-0.05, 0) is 18.4 Å². The van der Waals surface area contributed by atoms with E-state index in [1.807, 2.05) is 6.07 Å². The van der Waals surface area contributed by atoms with Gasteiger partial charge in [0.15, 0.2) is 11.6 Å². The van der Waals surface area contributed by atoms with Gasteiger partial charge in [0.2, 0.25) is 0 Å². The third-order valence-corrected chi connectivity index (χ3v) is 9.04. The number of rotatable bonds is 4. The van der Waals surface area contributed by atoms with E-state index in [1.165, 1.54) is 24.9 Å². The van der Waals surface area contributed by atoms with E-state index in [4.69, 9.17) is 22.7 Å². The van der Waals surface area contributed by atoms with E-state index in [-0.39, 0.29) is 22.7 Å². The predicted molar refractivity (Wildman–Crippen MR) is 139 cm³/mol. The number of fused-ring (bicyclic) bond motifs is 3. The number of hydrogen-bond acceptors (Lipinski definition) is 9. The van der Waals surface area contributed by atoms with Crippen molar-refractivity contribution in [2.45, 2.75) is 28.7 Å². The van der Waals surface area contributed by atoms with Crippen molar-refractivity contribution in [3.05, 3.63) is 64.9 Å². The Morgan fingerprint density at radius 1 is 1.14 bits per heavy atom. The first kappa shape index (κ1) is 25.2. The maximum absolute atomic E-state index is 13.5. The summed E-state index contributed by atoms with van der Waals surface area (Å²) in [5.74, 6) is -5.79. The summed E-state index contributed by atoms with van der Waals surface area (Å²) >= 11 is 6.82. The van der Waals surface area contributed by atoms with Crippen LogP contribution >= 0.6 is 24.0 Å². The second kappa shape index (κ2) is 9.47. The minimum atomic E-state index is -1.48. The Balaban J connectivity index is 1.56. The normalized spacial score (nSPS) is 28.6. The van der Waals surface area contributed by atoms with Crippen molar-refractivity contribution in [2.75, 3.05) is 7.11 Å². The Kier molecular flexibility index (Phi) is 6.47. The molecule has 2 aliphatic carbocycles. The van der Waals surface area contributed by atoms with Gasteiger partial charge >= 0.3 is 0 Å². The molecule has 1 aliphatic heterocycles. The van der Waals surface area contributed by atoms with Crippen LogP contribution in [0, 0.1) is 17.8 Å². The van der Waals surface area contributed by atoms with Crippen molar-refractivity contribution in [3.63, 3.8) is 0 Å². The van der Waals surface area contributed by atoms with E-state index in [0.717, 1.165) is 0 Å². The molecular weight excluding hydrogens is 516 g/mol. The van der Waals surface area contributed by atoms with Crippen molar-refractivity contribution in [1.82, 2.24) is 5.32 Å². The zero-order valence-electron chi connectivity index (χ0n) is 19.6.